The lowest BCUT2D eigenvalue weighted by Gasteiger charge is -2.10. The van der Waals surface area contributed by atoms with Gasteiger partial charge in [0.1, 0.15) is 0 Å². The Bertz CT molecular complexity index is 429. The first-order chi connectivity index (χ1) is 9.04. The summed E-state index contributed by atoms with van der Waals surface area (Å²) in [6.45, 7) is 4.58. The highest BCUT2D eigenvalue weighted by atomic mass is 16.2. The highest BCUT2D eigenvalue weighted by molar-refractivity contribution is 5.94. The number of carbonyl (C=O) groups excluding carboxylic acids is 2. The summed E-state index contributed by atoms with van der Waals surface area (Å²) in [5.41, 5.74) is 7.29. The number of nitrogens with two attached hydrogens (primary N) is 1. The van der Waals surface area contributed by atoms with Crippen LogP contribution in [0.25, 0.3) is 0 Å². The first-order valence-electron chi connectivity index (χ1n) is 6.42. The largest absolute Gasteiger partial charge is 0.353 e. The zero-order chi connectivity index (χ0) is 14.3. The molecule has 0 heterocycles. The molecule has 0 fully saturated rings. The van der Waals surface area contributed by atoms with Crippen molar-refractivity contribution in [2.45, 2.75) is 26.3 Å². The third-order valence-electron chi connectivity index (χ3n) is 2.80. The monoisotopic (exact) mass is 263 g/mol. The first kappa shape index (κ1) is 15.2. The minimum atomic E-state index is -0.479. The van der Waals surface area contributed by atoms with E-state index in [0.717, 1.165) is 5.56 Å². The Kier molecular flexibility index (Phi) is 6.02. The van der Waals surface area contributed by atoms with E-state index in [-0.39, 0.29) is 11.8 Å². The predicted molar refractivity (Wildman–Crippen MR) is 74.8 cm³/mol. The van der Waals surface area contributed by atoms with Crippen LogP contribution in [0.4, 0.5) is 0 Å². The van der Waals surface area contributed by atoms with Gasteiger partial charge in [0, 0.05) is 18.7 Å². The number of nitrogens with one attached hydrogen (secondary N) is 2. The van der Waals surface area contributed by atoms with Crippen molar-refractivity contribution in [3.8, 4) is 0 Å². The van der Waals surface area contributed by atoms with E-state index in [1.807, 2.05) is 26.0 Å². The third-order valence-corrected chi connectivity index (χ3v) is 2.80. The molecule has 1 rings (SSSR count). The van der Waals surface area contributed by atoms with E-state index in [9.17, 15) is 9.59 Å². The first-order valence-corrected chi connectivity index (χ1v) is 6.42. The molecule has 0 aliphatic rings. The number of carbonyl (C=O) groups is 2. The Balaban J connectivity index is 2.28. The van der Waals surface area contributed by atoms with Gasteiger partial charge in [-0.3, -0.25) is 9.59 Å². The summed E-state index contributed by atoms with van der Waals surface area (Å²) in [5, 5.41) is 5.41. The summed E-state index contributed by atoms with van der Waals surface area (Å²) < 4.78 is 0. The van der Waals surface area contributed by atoms with Gasteiger partial charge >= 0.3 is 0 Å². The molecular formula is C14H21N3O2. The Morgan fingerprint density at radius 3 is 2.32 bits per heavy atom. The van der Waals surface area contributed by atoms with Crippen LogP contribution in [-0.2, 0) is 4.79 Å². The van der Waals surface area contributed by atoms with Crippen LogP contribution in [0.5, 0.6) is 0 Å². The highest BCUT2D eigenvalue weighted by Gasteiger charge is 2.09. The average Bonchev–Trinajstić information content (AvgIpc) is 2.42. The van der Waals surface area contributed by atoms with Gasteiger partial charge in [-0.2, -0.15) is 0 Å². The number of hydrogen-bond acceptors (Lipinski definition) is 3. The summed E-state index contributed by atoms with van der Waals surface area (Å²) in [6.07, 6.45) is 0.599. The fourth-order valence-corrected chi connectivity index (χ4v) is 1.49. The highest BCUT2D eigenvalue weighted by Crippen LogP contribution is 2.02. The number of amides is 2. The Morgan fingerprint density at radius 1 is 1.16 bits per heavy atom. The minimum Gasteiger partial charge on any atom is -0.353 e. The van der Waals surface area contributed by atoms with Gasteiger partial charge in [-0.15, -0.1) is 0 Å². The van der Waals surface area contributed by atoms with Gasteiger partial charge in [-0.05, 0) is 25.5 Å². The molecule has 0 saturated carbocycles. The second kappa shape index (κ2) is 7.53. The Hall–Kier alpha value is -1.88. The molecule has 0 saturated heterocycles. The third kappa shape index (κ3) is 5.09. The second-order valence-corrected chi connectivity index (χ2v) is 4.43. The summed E-state index contributed by atoms with van der Waals surface area (Å²) >= 11 is 0. The van der Waals surface area contributed by atoms with Crippen molar-refractivity contribution in [2.75, 3.05) is 13.1 Å². The molecule has 1 atom stereocenters. The quantitative estimate of drug-likeness (QED) is 0.656. The van der Waals surface area contributed by atoms with Gasteiger partial charge in [0.2, 0.25) is 5.91 Å². The van der Waals surface area contributed by atoms with Crippen molar-refractivity contribution < 1.29 is 9.59 Å². The molecule has 5 heteroatoms. The predicted octanol–water partition coefficient (Wildman–Crippen LogP) is 0.578. The Morgan fingerprint density at radius 2 is 1.74 bits per heavy atom. The molecule has 0 aliphatic heterocycles. The van der Waals surface area contributed by atoms with Crippen molar-refractivity contribution in [1.29, 1.82) is 0 Å². The van der Waals surface area contributed by atoms with Gasteiger partial charge in [-0.1, -0.05) is 24.6 Å². The molecule has 1 aromatic rings. The van der Waals surface area contributed by atoms with Crippen LogP contribution in [-0.4, -0.2) is 30.9 Å². The molecule has 0 spiro atoms. The standard InChI is InChI=1S/C14H21N3O2/c1-3-12(15)14(19)17-9-8-16-13(18)11-6-4-10(2)5-7-11/h4-7,12H,3,8-9,15H2,1-2H3,(H,16,18)(H,17,19). The van der Waals surface area contributed by atoms with Crippen molar-refractivity contribution in [1.82, 2.24) is 10.6 Å². The van der Waals surface area contributed by atoms with Crippen LogP contribution in [0.3, 0.4) is 0 Å². The topological polar surface area (TPSA) is 84.2 Å². The number of rotatable bonds is 6. The molecule has 104 valence electrons. The summed E-state index contributed by atoms with van der Waals surface area (Å²) in [5.74, 6) is -0.332. The van der Waals surface area contributed by atoms with Crippen LogP contribution >= 0.6 is 0 Å². The number of hydrogen-bond donors (Lipinski definition) is 3. The van der Waals surface area contributed by atoms with E-state index in [1.54, 1.807) is 12.1 Å². The second-order valence-electron chi connectivity index (χ2n) is 4.43. The maximum atomic E-state index is 11.7. The maximum Gasteiger partial charge on any atom is 0.251 e. The smallest absolute Gasteiger partial charge is 0.251 e. The fraction of sp³-hybridized carbons (Fsp3) is 0.429. The fourth-order valence-electron chi connectivity index (χ4n) is 1.49. The van der Waals surface area contributed by atoms with E-state index >= 15 is 0 Å². The van der Waals surface area contributed by atoms with E-state index in [4.69, 9.17) is 5.73 Å². The molecule has 19 heavy (non-hydrogen) atoms. The molecule has 4 N–H and O–H groups in total. The van der Waals surface area contributed by atoms with Crippen LogP contribution in [0.2, 0.25) is 0 Å². The van der Waals surface area contributed by atoms with Crippen molar-refractivity contribution in [3.05, 3.63) is 35.4 Å². The van der Waals surface area contributed by atoms with Gasteiger partial charge in [-0.25, -0.2) is 0 Å². The normalized spacial score (nSPS) is 11.7. The van der Waals surface area contributed by atoms with Crippen molar-refractivity contribution >= 4 is 11.8 Å². The van der Waals surface area contributed by atoms with E-state index < -0.39 is 6.04 Å². The van der Waals surface area contributed by atoms with Gasteiger partial charge < -0.3 is 16.4 Å². The van der Waals surface area contributed by atoms with Gasteiger partial charge in [0.25, 0.3) is 5.91 Å². The lowest BCUT2D eigenvalue weighted by atomic mass is 10.1. The zero-order valence-corrected chi connectivity index (χ0v) is 11.4. The molecule has 0 aromatic heterocycles. The number of benzene rings is 1. The zero-order valence-electron chi connectivity index (χ0n) is 11.4. The Labute approximate surface area is 113 Å². The summed E-state index contributed by atoms with van der Waals surface area (Å²) in [6, 6.07) is 6.84. The van der Waals surface area contributed by atoms with Crippen LogP contribution in [0.15, 0.2) is 24.3 Å². The maximum absolute atomic E-state index is 11.7. The summed E-state index contributed by atoms with van der Waals surface area (Å²) in [4.78, 5) is 23.1. The van der Waals surface area contributed by atoms with E-state index in [1.165, 1.54) is 0 Å². The molecule has 0 bridgehead atoms. The van der Waals surface area contributed by atoms with Crippen molar-refractivity contribution in [3.63, 3.8) is 0 Å². The minimum absolute atomic E-state index is 0.144. The average molecular weight is 263 g/mol. The van der Waals surface area contributed by atoms with Crippen LogP contribution < -0.4 is 16.4 Å². The molecule has 2 amide bonds. The SMILES string of the molecule is CCC(N)C(=O)NCCNC(=O)c1ccc(C)cc1. The van der Waals surface area contributed by atoms with Crippen LogP contribution in [0, 0.1) is 6.92 Å². The molecule has 1 unspecified atom stereocenters. The van der Waals surface area contributed by atoms with E-state index in [0.29, 0.717) is 25.1 Å². The number of aryl methyl sites for hydroxylation is 1. The van der Waals surface area contributed by atoms with Gasteiger partial charge in [0.05, 0.1) is 6.04 Å². The van der Waals surface area contributed by atoms with Crippen molar-refractivity contribution in [2.24, 2.45) is 5.73 Å². The molecule has 0 aliphatic carbocycles. The lowest BCUT2D eigenvalue weighted by Crippen LogP contribution is -2.43. The van der Waals surface area contributed by atoms with Gasteiger partial charge in [0.15, 0.2) is 0 Å². The molecular weight excluding hydrogens is 242 g/mol. The molecule has 5 nitrogen and oxygen atoms in total. The molecule has 0 radical (unpaired) electrons. The lowest BCUT2D eigenvalue weighted by molar-refractivity contribution is -0.122. The summed E-state index contributed by atoms with van der Waals surface area (Å²) in [7, 11) is 0. The van der Waals surface area contributed by atoms with E-state index in [2.05, 4.69) is 10.6 Å². The molecule has 1 aromatic carbocycles. The van der Waals surface area contributed by atoms with Crippen LogP contribution in [0.1, 0.15) is 29.3 Å².